The van der Waals surface area contributed by atoms with Crippen LogP contribution in [0.5, 0.6) is 11.5 Å². The van der Waals surface area contributed by atoms with Gasteiger partial charge in [-0.25, -0.2) is 15.0 Å². The number of ether oxygens (including phenoxy) is 2. The lowest BCUT2D eigenvalue weighted by molar-refractivity contribution is -0.116. The SMILES string of the molecule is Nc1ncnc2c1nc(Sc1cc3c(cc1-c1cc[nH]n1)OCCO3)n2CCCN1CCC(=O)C1. The van der Waals surface area contributed by atoms with Crippen molar-refractivity contribution in [2.75, 3.05) is 38.6 Å². The topological polar surface area (TPSA) is 137 Å². The highest BCUT2D eigenvalue weighted by molar-refractivity contribution is 7.99. The number of likely N-dealkylation sites (tertiary alicyclic amines) is 1. The maximum absolute atomic E-state index is 11.6. The minimum absolute atomic E-state index is 0.305. The van der Waals surface area contributed by atoms with Crippen LogP contribution in [0.2, 0.25) is 0 Å². The molecule has 0 aliphatic carbocycles. The maximum atomic E-state index is 11.6. The van der Waals surface area contributed by atoms with Crippen LogP contribution in [0.1, 0.15) is 12.8 Å². The van der Waals surface area contributed by atoms with E-state index in [1.165, 1.54) is 18.1 Å². The molecular weight excluding hydrogens is 468 g/mol. The van der Waals surface area contributed by atoms with E-state index in [1.54, 1.807) is 6.20 Å². The Hall–Kier alpha value is -3.64. The molecule has 0 unspecified atom stereocenters. The number of hydrogen-bond acceptors (Lipinski definition) is 10. The van der Waals surface area contributed by atoms with E-state index in [0.29, 0.717) is 67.0 Å². The normalized spacial score (nSPS) is 15.8. The maximum Gasteiger partial charge on any atom is 0.175 e. The summed E-state index contributed by atoms with van der Waals surface area (Å²) in [6, 6.07) is 5.84. The fourth-order valence-corrected chi connectivity index (χ4v) is 5.47. The largest absolute Gasteiger partial charge is 0.486 e. The van der Waals surface area contributed by atoms with Crippen LogP contribution in [0.15, 0.2) is 40.8 Å². The Bertz CT molecular complexity index is 1390. The van der Waals surface area contributed by atoms with Gasteiger partial charge in [0, 0.05) is 42.7 Å². The quantitative estimate of drug-likeness (QED) is 0.395. The predicted molar refractivity (Wildman–Crippen MR) is 130 cm³/mol. The summed E-state index contributed by atoms with van der Waals surface area (Å²) in [7, 11) is 0. The first kappa shape index (κ1) is 21.9. The third-order valence-corrected chi connectivity index (χ3v) is 7.16. The van der Waals surface area contributed by atoms with Crippen molar-refractivity contribution < 1.29 is 14.3 Å². The van der Waals surface area contributed by atoms with Gasteiger partial charge in [-0.1, -0.05) is 11.8 Å². The number of carbonyl (C=O) groups is 1. The van der Waals surface area contributed by atoms with E-state index < -0.39 is 0 Å². The van der Waals surface area contributed by atoms with Crippen LogP contribution in [0.25, 0.3) is 22.4 Å². The minimum atomic E-state index is 0.305. The number of rotatable bonds is 7. The fourth-order valence-electron chi connectivity index (χ4n) is 4.41. The van der Waals surface area contributed by atoms with E-state index in [0.717, 1.165) is 40.8 Å². The summed E-state index contributed by atoms with van der Waals surface area (Å²) in [5.74, 6) is 2.04. The van der Waals surface area contributed by atoms with Crippen LogP contribution in [-0.4, -0.2) is 73.2 Å². The molecule has 4 aromatic rings. The highest BCUT2D eigenvalue weighted by atomic mass is 32.2. The summed E-state index contributed by atoms with van der Waals surface area (Å²) in [5.41, 5.74) is 9.11. The lowest BCUT2D eigenvalue weighted by atomic mass is 10.1. The van der Waals surface area contributed by atoms with Crippen molar-refractivity contribution in [3.05, 3.63) is 30.7 Å². The zero-order valence-corrected chi connectivity index (χ0v) is 19.8. The summed E-state index contributed by atoms with van der Waals surface area (Å²) in [6.45, 7) is 3.88. The number of hydrogen-bond donors (Lipinski definition) is 2. The Morgan fingerprint density at radius 2 is 2.00 bits per heavy atom. The standard InChI is InChI=1S/C23H24N8O3S/c24-21-20-22(26-13-25-21)31(6-1-5-30-7-3-14(32)12-30)23(28-20)35-19-11-18-17(33-8-9-34-18)10-15(19)16-2-4-27-29-16/h2,4,10-11,13H,1,3,5-9,12H2,(H,27,29)(H2,24,25,26). The highest BCUT2D eigenvalue weighted by Crippen LogP contribution is 2.43. The number of ketones is 1. The van der Waals surface area contributed by atoms with E-state index in [1.807, 2.05) is 18.2 Å². The molecule has 12 heteroatoms. The molecule has 0 radical (unpaired) electrons. The smallest absolute Gasteiger partial charge is 0.175 e. The minimum Gasteiger partial charge on any atom is -0.486 e. The molecule has 180 valence electrons. The van der Waals surface area contributed by atoms with Gasteiger partial charge >= 0.3 is 0 Å². The molecule has 0 bridgehead atoms. The fraction of sp³-hybridized carbons (Fsp3) is 0.348. The number of aryl methyl sites for hydroxylation is 1. The Morgan fingerprint density at radius 1 is 1.14 bits per heavy atom. The molecule has 35 heavy (non-hydrogen) atoms. The molecule has 3 N–H and O–H groups in total. The average molecular weight is 493 g/mol. The number of aromatic amines is 1. The molecule has 0 spiro atoms. The third kappa shape index (κ3) is 4.30. The number of nitrogen functional groups attached to an aromatic ring is 1. The van der Waals surface area contributed by atoms with Crippen LogP contribution >= 0.6 is 11.8 Å². The number of anilines is 1. The van der Waals surface area contributed by atoms with E-state index in [2.05, 4.69) is 29.6 Å². The Morgan fingerprint density at radius 3 is 2.77 bits per heavy atom. The molecule has 6 rings (SSSR count). The van der Waals surface area contributed by atoms with Gasteiger partial charge in [0.1, 0.15) is 25.3 Å². The summed E-state index contributed by atoms with van der Waals surface area (Å²) in [5, 5.41) is 8.01. The lowest BCUT2D eigenvalue weighted by Crippen LogP contribution is -2.23. The first-order chi connectivity index (χ1) is 17.2. The summed E-state index contributed by atoms with van der Waals surface area (Å²) in [6.07, 6.45) is 4.74. The summed E-state index contributed by atoms with van der Waals surface area (Å²) < 4.78 is 13.7. The van der Waals surface area contributed by atoms with Crippen molar-refractivity contribution >= 4 is 34.5 Å². The second-order valence-electron chi connectivity index (χ2n) is 8.45. The average Bonchev–Trinajstić information content (AvgIpc) is 3.61. The number of nitrogens with two attached hydrogens (primary N) is 1. The first-order valence-electron chi connectivity index (χ1n) is 11.5. The van der Waals surface area contributed by atoms with Crippen LogP contribution in [0.4, 0.5) is 5.82 Å². The number of H-pyrrole nitrogens is 1. The number of carbonyl (C=O) groups excluding carboxylic acids is 1. The monoisotopic (exact) mass is 492 g/mol. The molecule has 3 aromatic heterocycles. The van der Waals surface area contributed by atoms with Gasteiger partial charge in [0.05, 0.1) is 12.2 Å². The van der Waals surface area contributed by atoms with Gasteiger partial charge in [0.2, 0.25) is 0 Å². The van der Waals surface area contributed by atoms with Gasteiger partial charge in [0.15, 0.2) is 33.6 Å². The zero-order chi connectivity index (χ0) is 23.8. The molecule has 0 amide bonds. The molecule has 11 nitrogen and oxygen atoms in total. The second-order valence-corrected chi connectivity index (χ2v) is 9.46. The van der Waals surface area contributed by atoms with Gasteiger partial charge in [-0.05, 0) is 24.6 Å². The number of nitrogens with one attached hydrogen (secondary N) is 1. The van der Waals surface area contributed by atoms with Crippen molar-refractivity contribution in [1.82, 2.24) is 34.6 Å². The molecule has 2 aliphatic heterocycles. The van der Waals surface area contributed by atoms with E-state index in [9.17, 15) is 4.79 Å². The third-order valence-electron chi connectivity index (χ3n) is 6.11. The van der Waals surface area contributed by atoms with Crippen molar-refractivity contribution in [3.63, 3.8) is 0 Å². The van der Waals surface area contributed by atoms with Crippen LogP contribution < -0.4 is 15.2 Å². The van der Waals surface area contributed by atoms with Crippen molar-refractivity contribution in [2.45, 2.75) is 29.4 Å². The molecule has 0 atom stereocenters. The highest BCUT2D eigenvalue weighted by Gasteiger charge is 2.23. The van der Waals surface area contributed by atoms with E-state index in [4.69, 9.17) is 20.2 Å². The number of benzene rings is 1. The first-order valence-corrected chi connectivity index (χ1v) is 12.3. The molecule has 1 saturated heterocycles. The molecule has 5 heterocycles. The number of imidazole rings is 1. The van der Waals surface area contributed by atoms with E-state index in [-0.39, 0.29) is 0 Å². The summed E-state index contributed by atoms with van der Waals surface area (Å²) >= 11 is 1.50. The van der Waals surface area contributed by atoms with Crippen molar-refractivity contribution in [2.24, 2.45) is 0 Å². The Labute approximate surface area is 205 Å². The predicted octanol–water partition coefficient (Wildman–Crippen LogP) is 2.39. The molecule has 0 saturated carbocycles. The summed E-state index contributed by atoms with van der Waals surface area (Å²) in [4.78, 5) is 28.2. The van der Waals surface area contributed by atoms with Crippen LogP contribution in [0.3, 0.4) is 0 Å². The number of fused-ring (bicyclic) bond motifs is 2. The number of nitrogens with zero attached hydrogens (tertiary/aromatic N) is 6. The number of aromatic nitrogens is 6. The van der Waals surface area contributed by atoms with Gasteiger partial charge in [0.25, 0.3) is 0 Å². The lowest BCUT2D eigenvalue weighted by Gasteiger charge is -2.20. The number of Topliss-reactive ketones (excluding diaryl/α,β-unsaturated/α-hetero) is 1. The Kier molecular flexibility index (Phi) is 5.74. The van der Waals surface area contributed by atoms with Crippen LogP contribution in [-0.2, 0) is 11.3 Å². The van der Waals surface area contributed by atoms with Gasteiger partial charge in [-0.3, -0.25) is 14.8 Å². The van der Waals surface area contributed by atoms with Gasteiger partial charge < -0.3 is 19.8 Å². The second kappa shape index (κ2) is 9.19. The van der Waals surface area contributed by atoms with Crippen LogP contribution in [0, 0.1) is 0 Å². The zero-order valence-electron chi connectivity index (χ0n) is 18.9. The molecule has 1 fully saturated rings. The molecule has 1 aromatic carbocycles. The molecule has 2 aliphatic rings. The van der Waals surface area contributed by atoms with Gasteiger partial charge in [-0.2, -0.15) is 5.10 Å². The van der Waals surface area contributed by atoms with Crippen molar-refractivity contribution in [3.8, 4) is 22.8 Å². The van der Waals surface area contributed by atoms with E-state index >= 15 is 0 Å². The molecular formula is C23H24N8O3S. The van der Waals surface area contributed by atoms with Crippen molar-refractivity contribution in [1.29, 1.82) is 0 Å². The Balaban J connectivity index is 1.36. The van der Waals surface area contributed by atoms with Gasteiger partial charge in [-0.15, -0.1) is 0 Å².